The smallest absolute Gasteiger partial charge is 0.0541 e. The number of hydrogen-bond acceptors (Lipinski definition) is 2. The standard InChI is InChI=1S/C18H18N2/c1-14-9-10-17(20-11-14)13-19-12-16-7-4-6-15-5-2-3-8-18(15)16/h2-11,19H,12-13H2,1H3. The SMILES string of the molecule is Cc1ccc(CNCc2cccc3ccccc23)nc1. The van der Waals surface area contributed by atoms with Crippen molar-refractivity contribution in [3.63, 3.8) is 0 Å². The van der Waals surface area contributed by atoms with Crippen molar-refractivity contribution < 1.29 is 0 Å². The van der Waals surface area contributed by atoms with E-state index in [1.165, 1.54) is 21.9 Å². The Hall–Kier alpha value is -2.19. The molecule has 0 fully saturated rings. The van der Waals surface area contributed by atoms with E-state index in [0.29, 0.717) is 0 Å². The molecule has 2 nitrogen and oxygen atoms in total. The van der Waals surface area contributed by atoms with E-state index in [9.17, 15) is 0 Å². The molecule has 0 saturated carbocycles. The number of pyridine rings is 1. The molecule has 0 aliphatic carbocycles. The topological polar surface area (TPSA) is 24.9 Å². The van der Waals surface area contributed by atoms with Crippen LogP contribution in [0.15, 0.2) is 60.8 Å². The van der Waals surface area contributed by atoms with Crippen molar-refractivity contribution >= 4 is 10.8 Å². The van der Waals surface area contributed by atoms with Crippen LogP contribution in [0.2, 0.25) is 0 Å². The van der Waals surface area contributed by atoms with Gasteiger partial charge in [0.15, 0.2) is 0 Å². The van der Waals surface area contributed by atoms with E-state index in [1.807, 2.05) is 6.20 Å². The van der Waals surface area contributed by atoms with E-state index >= 15 is 0 Å². The van der Waals surface area contributed by atoms with Crippen LogP contribution < -0.4 is 5.32 Å². The number of rotatable bonds is 4. The van der Waals surface area contributed by atoms with Crippen molar-refractivity contribution in [2.24, 2.45) is 0 Å². The first kappa shape index (κ1) is 12.8. The number of benzene rings is 2. The molecule has 0 atom stereocenters. The van der Waals surface area contributed by atoms with Crippen LogP contribution in [0.1, 0.15) is 16.8 Å². The summed E-state index contributed by atoms with van der Waals surface area (Å²) in [6, 6.07) is 19.1. The van der Waals surface area contributed by atoms with Crippen LogP contribution in [-0.4, -0.2) is 4.98 Å². The molecule has 0 aliphatic rings. The fraction of sp³-hybridized carbons (Fsp3) is 0.167. The Bertz CT molecular complexity index is 697. The summed E-state index contributed by atoms with van der Waals surface area (Å²) in [6.45, 7) is 3.71. The summed E-state index contributed by atoms with van der Waals surface area (Å²) in [7, 11) is 0. The van der Waals surface area contributed by atoms with E-state index in [4.69, 9.17) is 0 Å². The number of nitrogens with zero attached hydrogens (tertiary/aromatic N) is 1. The van der Waals surface area contributed by atoms with Crippen LogP contribution in [0.4, 0.5) is 0 Å². The zero-order valence-corrected chi connectivity index (χ0v) is 11.6. The summed E-state index contributed by atoms with van der Waals surface area (Å²) in [4.78, 5) is 4.41. The van der Waals surface area contributed by atoms with Gasteiger partial charge in [-0.25, -0.2) is 0 Å². The van der Waals surface area contributed by atoms with Gasteiger partial charge in [0.05, 0.1) is 5.69 Å². The molecule has 0 amide bonds. The Morgan fingerprint density at radius 1 is 0.900 bits per heavy atom. The summed E-state index contributed by atoms with van der Waals surface area (Å²) in [5.41, 5.74) is 3.61. The Balaban J connectivity index is 1.69. The van der Waals surface area contributed by atoms with Gasteiger partial charge >= 0.3 is 0 Å². The van der Waals surface area contributed by atoms with Gasteiger partial charge in [0.25, 0.3) is 0 Å². The molecule has 1 aromatic heterocycles. The minimum Gasteiger partial charge on any atom is -0.307 e. The predicted octanol–water partition coefficient (Wildman–Crippen LogP) is 3.83. The third kappa shape index (κ3) is 2.86. The lowest BCUT2D eigenvalue weighted by molar-refractivity contribution is 0.682. The fourth-order valence-electron chi connectivity index (χ4n) is 2.37. The van der Waals surface area contributed by atoms with Crippen molar-refractivity contribution in [1.29, 1.82) is 0 Å². The maximum absolute atomic E-state index is 4.41. The highest BCUT2D eigenvalue weighted by Crippen LogP contribution is 2.18. The molecule has 3 aromatic rings. The lowest BCUT2D eigenvalue weighted by Crippen LogP contribution is -2.13. The number of aryl methyl sites for hydroxylation is 1. The van der Waals surface area contributed by atoms with Crippen molar-refractivity contribution in [2.75, 3.05) is 0 Å². The van der Waals surface area contributed by atoms with Crippen molar-refractivity contribution in [3.8, 4) is 0 Å². The maximum Gasteiger partial charge on any atom is 0.0541 e. The molecular formula is C18H18N2. The molecule has 0 saturated heterocycles. The van der Waals surface area contributed by atoms with Gasteiger partial charge in [-0.1, -0.05) is 48.5 Å². The van der Waals surface area contributed by atoms with Crippen molar-refractivity contribution in [3.05, 3.63) is 77.6 Å². The van der Waals surface area contributed by atoms with E-state index in [1.54, 1.807) is 0 Å². The monoisotopic (exact) mass is 262 g/mol. The summed E-state index contributed by atoms with van der Waals surface area (Å²) in [6.07, 6.45) is 1.91. The lowest BCUT2D eigenvalue weighted by atomic mass is 10.0. The molecule has 0 bridgehead atoms. The van der Waals surface area contributed by atoms with Crippen LogP contribution >= 0.6 is 0 Å². The Labute approximate surface area is 119 Å². The summed E-state index contributed by atoms with van der Waals surface area (Å²) in [5, 5.41) is 6.08. The zero-order valence-electron chi connectivity index (χ0n) is 11.6. The van der Waals surface area contributed by atoms with Gasteiger partial charge in [-0.2, -0.15) is 0 Å². The number of aromatic nitrogens is 1. The average molecular weight is 262 g/mol. The second-order valence-corrected chi connectivity index (χ2v) is 5.07. The van der Waals surface area contributed by atoms with Gasteiger partial charge < -0.3 is 5.32 Å². The second-order valence-electron chi connectivity index (χ2n) is 5.07. The molecule has 1 N–H and O–H groups in total. The minimum absolute atomic E-state index is 0.795. The van der Waals surface area contributed by atoms with E-state index in [0.717, 1.165) is 18.8 Å². The van der Waals surface area contributed by atoms with Gasteiger partial charge in [0.2, 0.25) is 0 Å². The largest absolute Gasteiger partial charge is 0.307 e. The van der Waals surface area contributed by atoms with Crippen LogP contribution in [0.25, 0.3) is 10.8 Å². The molecule has 3 rings (SSSR count). The van der Waals surface area contributed by atoms with Crippen LogP contribution in [0, 0.1) is 6.92 Å². The lowest BCUT2D eigenvalue weighted by Gasteiger charge is -2.08. The molecule has 20 heavy (non-hydrogen) atoms. The Kier molecular flexibility index (Phi) is 3.75. The fourth-order valence-corrected chi connectivity index (χ4v) is 2.37. The molecule has 0 radical (unpaired) electrons. The van der Waals surface area contributed by atoms with Crippen LogP contribution in [0.5, 0.6) is 0 Å². The predicted molar refractivity (Wildman–Crippen MR) is 83.5 cm³/mol. The Morgan fingerprint density at radius 3 is 2.60 bits per heavy atom. The van der Waals surface area contributed by atoms with E-state index < -0.39 is 0 Å². The summed E-state index contributed by atoms with van der Waals surface area (Å²) >= 11 is 0. The first-order chi connectivity index (χ1) is 9.83. The summed E-state index contributed by atoms with van der Waals surface area (Å²) in [5.74, 6) is 0. The molecule has 0 spiro atoms. The molecule has 0 unspecified atom stereocenters. The number of fused-ring (bicyclic) bond motifs is 1. The first-order valence-corrected chi connectivity index (χ1v) is 6.92. The zero-order chi connectivity index (χ0) is 13.8. The second kappa shape index (κ2) is 5.85. The van der Waals surface area contributed by atoms with Gasteiger partial charge in [-0.3, -0.25) is 4.98 Å². The number of hydrogen-bond donors (Lipinski definition) is 1. The third-order valence-corrected chi connectivity index (χ3v) is 3.47. The average Bonchev–Trinajstić information content (AvgIpc) is 2.49. The molecule has 0 aliphatic heterocycles. The van der Waals surface area contributed by atoms with E-state index in [-0.39, 0.29) is 0 Å². The van der Waals surface area contributed by atoms with Crippen molar-refractivity contribution in [1.82, 2.24) is 10.3 Å². The van der Waals surface area contributed by atoms with Crippen molar-refractivity contribution in [2.45, 2.75) is 20.0 Å². The molecule has 2 heteroatoms. The van der Waals surface area contributed by atoms with Crippen LogP contribution in [0.3, 0.4) is 0 Å². The molecule has 100 valence electrons. The number of nitrogens with one attached hydrogen (secondary N) is 1. The highest BCUT2D eigenvalue weighted by atomic mass is 14.9. The Morgan fingerprint density at radius 2 is 1.75 bits per heavy atom. The third-order valence-electron chi connectivity index (χ3n) is 3.47. The highest BCUT2D eigenvalue weighted by Gasteiger charge is 2.00. The first-order valence-electron chi connectivity index (χ1n) is 6.92. The van der Waals surface area contributed by atoms with Gasteiger partial charge in [0.1, 0.15) is 0 Å². The van der Waals surface area contributed by atoms with Gasteiger partial charge in [-0.15, -0.1) is 0 Å². The maximum atomic E-state index is 4.41. The van der Waals surface area contributed by atoms with Gasteiger partial charge in [0, 0.05) is 19.3 Å². The van der Waals surface area contributed by atoms with Gasteiger partial charge in [-0.05, 0) is 34.9 Å². The van der Waals surface area contributed by atoms with Crippen LogP contribution in [-0.2, 0) is 13.1 Å². The minimum atomic E-state index is 0.795. The molecule has 1 heterocycles. The molecular weight excluding hydrogens is 244 g/mol. The molecule has 2 aromatic carbocycles. The van der Waals surface area contributed by atoms with E-state index in [2.05, 4.69) is 71.8 Å². The highest BCUT2D eigenvalue weighted by molar-refractivity contribution is 5.85. The normalized spacial score (nSPS) is 10.8. The summed E-state index contributed by atoms with van der Waals surface area (Å²) < 4.78 is 0. The quantitative estimate of drug-likeness (QED) is 0.773.